The third-order valence-electron chi connectivity index (χ3n) is 5.97. The summed E-state index contributed by atoms with van der Waals surface area (Å²) in [5.74, 6) is 0.791. The SMILES string of the molecule is C=C1C(C)(C)[C@@H]2CC[C@@]1(C(=O)N[C@H](C)c1ccccc1)C2. The second-order valence-electron chi connectivity index (χ2n) is 7.33. The Labute approximate surface area is 127 Å². The van der Waals surface area contributed by atoms with Crippen LogP contribution in [-0.4, -0.2) is 5.91 Å². The van der Waals surface area contributed by atoms with Crippen LogP contribution >= 0.6 is 0 Å². The highest BCUT2D eigenvalue weighted by atomic mass is 16.2. The second kappa shape index (κ2) is 4.72. The standard InChI is InChI=1S/C19H25NO/c1-13(15-8-6-5-7-9-15)20-17(21)19-11-10-16(12-19)18(3,4)14(19)2/h5-9,13,16H,2,10-12H2,1,3-4H3,(H,20,21)/t13-,16-,19-/m1/s1. The van der Waals surface area contributed by atoms with Gasteiger partial charge in [-0.1, -0.05) is 56.3 Å². The van der Waals surface area contributed by atoms with Crippen LogP contribution in [0, 0.1) is 16.7 Å². The lowest BCUT2D eigenvalue weighted by molar-refractivity contribution is -0.129. The van der Waals surface area contributed by atoms with Crippen molar-refractivity contribution in [2.45, 2.75) is 46.1 Å². The highest BCUT2D eigenvalue weighted by Crippen LogP contribution is 2.65. The van der Waals surface area contributed by atoms with E-state index in [4.69, 9.17) is 0 Å². The molecule has 1 aromatic rings. The fourth-order valence-electron chi connectivity index (χ4n) is 4.30. The molecule has 0 aromatic heterocycles. The average molecular weight is 283 g/mol. The maximum Gasteiger partial charge on any atom is 0.230 e. The minimum absolute atomic E-state index is 0.0450. The van der Waals surface area contributed by atoms with Crippen molar-refractivity contribution in [2.24, 2.45) is 16.7 Å². The van der Waals surface area contributed by atoms with Crippen molar-refractivity contribution in [1.82, 2.24) is 5.32 Å². The van der Waals surface area contributed by atoms with E-state index in [1.807, 2.05) is 18.2 Å². The third kappa shape index (κ3) is 2.04. The van der Waals surface area contributed by atoms with Crippen molar-refractivity contribution in [2.75, 3.05) is 0 Å². The van der Waals surface area contributed by atoms with Crippen LogP contribution in [-0.2, 0) is 4.79 Å². The predicted octanol–water partition coefficient (Wildman–Crippen LogP) is 4.25. The molecular formula is C19H25NO. The minimum Gasteiger partial charge on any atom is -0.349 e. The van der Waals surface area contributed by atoms with Gasteiger partial charge in [0.05, 0.1) is 11.5 Å². The van der Waals surface area contributed by atoms with E-state index in [2.05, 4.69) is 44.8 Å². The first kappa shape index (κ1) is 14.4. The molecular weight excluding hydrogens is 258 g/mol. The van der Waals surface area contributed by atoms with Crippen molar-refractivity contribution < 1.29 is 4.79 Å². The number of hydrogen-bond acceptors (Lipinski definition) is 1. The Bertz CT molecular complexity index is 574. The molecule has 0 spiro atoms. The number of hydrogen-bond donors (Lipinski definition) is 1. The van der Waals surface area contributed by atoms with E-state index in [-0.39, 0.29) is 22.8 Å². The van der Waals surface area contributed by atoms with Crippen LogP contribution in [0.2, 0.25) is 0 Å². The van der Waals surface area contributed by atoms with Gasteiger partial charge in [-0.2, -0.15) is 0 Å². The molecule has 2 heteroatoms. The molecule has 2 bridgehead atoms. The summed E-state index contributed by atoms with van der Waals surface area (Å²) < 4.78 is 0. The van der Waals surface area contributed by atoms with Crippen LogP contribution in [0.3, 0.4) is 0 Å². The first-order valence-electron chi connectivity index (χ1n) is 7.94. The molecule has 3 atom stereocenters. The van der Waals surface area contributed by atoms with Gasteiger partial charge in [0.2, 0.25) is 5.91 Å². The minimum atomic E-state index is -0.322. The number of nitrogens with one attached hydrogen (secondary N) is 1. The van der Waals surface area contributed by atoms with Gasteiger partial charge in [-0.05, 0) is 43.1 Å². The molecule has 0 radical (unpaired) electrons. The molecule has 0 unspecified atom stereocenters. The Morgan fingerprint density at radius 3 is 2.57 bits per heavy atom. The number of carbonyl (C=O) groups excluding carboxylic acids is 1. The van der Waals surface area contributed by atoms with E-state index < -0.39 is 0 Å². The highest BCUT2D eigenvalue weighted by molar-refractivity contribution is 5.87. The van der Waals surface area contributed by atoms with Crippen molar-refractivity contribution >= 4 is 5.91 Å². The smallest absolute Gasteiger partial charge is 0.230 e. The molecule has 2 aliphatic rings. The van der Waals surface area contributed by atoms with E-state index in [9.17, 15) is 4.79 Å². The normalized spacial score (nSPS) is 31.2. The van der Waals surface area contributed by atoms with Gasteiger partial charge >= 0.3 is 0 Å². The van der Waals surface area contributed by atoms with Crippen LogP contribution in [0.25, 0.3) is 0 Å². The molecule has 0 saturated heterocycles. The summed E-state index contributed by atoms with van der Waals surface area (Å²) in [6.45, 7) is 10.8. The summed E-state index contributed by atoms with van der Waals surface area (Å²) in [7, 11) is 0. The Hall–Kier alpha value is -1.57. The van der Waals surface area contributed by atoms with Gasteiger partial charge in [0.25, 0.3) is 0 Å². The quantitative estimate of drug-likeness (QED) is 0.826. The van der Waals surface area contributed by atoms with E-state index >= 15 is 0 Å². The van der Waals surface area contributed by atoms with E-state index in [0.717, 1.165) is 30.4 Å². The Morgan fingerprint density at radius 1 is 1.33 bits per heavy atom. The van der Waals surface area contributed by atoms with Crippen molar-refractivity contribution in [3.63, 3.8) is 0 Å². The zero-order chi connectivity index (χ0) is 15.3. The van der Waals surface area contributed by atoms with Gasteiger partial charge < -0.3 is 5.32 Å². The zero-order valence-corrected chi connectivity index (χ0v) is 13.3. The molecule has 3 rings (SSSR count). The molecule has 0 heterocycles. The second-order valence-corrected chi connectivity index (χ2v) is 7.33. The lowest BCUT2D eigenvalue weighted by Crippen LogP contribution is -2.42. The fourth-order valence-corrected chi connectivity index (χ4v) is 4.30. The summed E-state index contributed by atoms with van der Waals surface area (Å²) in [6.07, 6.45) is 3.10. The van der Waals surface area contributed by atoms with Crippen LogP contribution < -0.4 is 5.32 Å². The number of rotatable bonds is 3. The van der Waals surface area contributed by atoms with E-state index in [1.54, 1.807) is 0 Å². The lowest BCUT2D eigenvalue weighted by atomic mass is 9.68. The molecule has 21 heavy (non-hydrogen) atoms. The van der Waals surface area contributed by atoms with Gasteiger partial charge in [0.1, 0.15) is 0 Å². The van der Waals surface area contributed by atoms with Crippen LogP contribution in [0.15, 0.2) is 42.5 Å². The topological polar surface area (TPSA) is 29.1 Å². The molecule has 2 saturated carbocycles. The maximum atomic E-state index is 12.9. The number of carbonyl (C=O) groups is 1. The van der Waals surface area contributed by atoms with Crippen LogP contribution in [0.1, 0.15) is 51.6 Å². The summed E-state index contributed by atoms with van der Waals surface area (Å²) >= 11 is 0. The predicted molar refractivity (Wildman–Crippen MR) is 85.7 cm³/mol. The van der Waals surface area contributed by atoms with E-state index in [1.165, 1.54) is 0 Å². The summed E-state index contributed by atoms with van der Waals surface area (Å²) in [5, 5.41) is 3.22. The van der Waals surface area contributed by atoms with E-state index in [0.29, 0.717) is 5.92 Å². The zero-order valence-electron chi connectivity index (χ0n) is 13.3. The lowest BCUT2D eigenvalue weighted by Gasteiger charge is -2.37. The molecule has 2 aliphatic carbocycles. The van der Waals surface area contributed by atoms with Crippen molar-refractivity contribution in [3.05, 3.63) is 48.0 Å². The summed E-state index contributed by atoms with van der Waals surface area (Å²) in [5.41, 5.74) is 2.08. The molecule has 0 aliphatic heterocycles. The highest BCUT2D eigenvalue weighted by Gasteiger charge is 2.60. The van der Waals surface area contributed by atoms with Gasteiger partial charge in [-0.3, -0.25) is 4.79 Å². The van der Waals surface area contributed by atoms with Crippen LogP contribution in [0.5, 0.6) is 0 Å². The first-order chi connectivity index (χ1) is 9.88. The molecule has 2 nitrogen and oxygen atoms in total. The molecule has 1 aromatic carbocycles. The Morgan fingerprint density at radius 2 is 2.00 bits per heavy atom. The average Bonchev–Trinajstić information content (AvgIpc) is 3.00. The number of benzene rings is 1. The molecule has 2 fully saturated rings. The molecule has 1 amide bonds. The summed E-state index contributed by atoms with van der Waals surface area (Å²) in [6, 6.07) is 10.2. The van der Waals surface area contributed by atoms with Crippen molar-refractivity contribution in [3.8, 4) is 0 Å². The molecule has 112 valence electrons. The maximum absolute atomic E-state index is 12.9. The first-order valence-corrected chi connectivity index (χ1v) is 7.94. The van der Waals surface area contributed by atoms with Crippen LogP contribution in [0.4, 0.5) is 0 Å². The monoisotopic (exact) mass is 283 g/mol. The van der Waals surface area contributed by atoms with Gasteiger partial charge in [0, 0.05) is 0 Å². The van der Waals surface area contributed by atoms with Crippen molar-refractivity contribution in [1.29, 1.82) is 0 Å². The number of amides is 1. The Balaban J connectivity index is 1.79. The fraction of sp³-hybridized carbons (Fsp3) is 0.526. The van der Waals surface area contributed by atoms with Gasteiger partial charge in [-0.25, -0.2) is 0 Å². The van der Waals surface area contributed by atoms with Gasteiger partial charge in [0.15, 0.2) is 0 Å². The number of fused-ring (bicyclic) bond motifs is 2. The Kier molecular flexibility index (Phi) is 3.23. The third-order valence-corrected chi connectivity index (χ3v) is 5.97. The largest absolute Gasteiger partial charge is 0.349 e. The van der Waals surface area contributed by atoms with Gasteiger partial charge in [-0.15, -0.1) is 0 Å². The molecule has 1 N–H and O–H groups in total. The summed E-state index contributed by atoms with van der Waals surface area (Å²) in [4.78, 5) is 12.9.